The molecule has 7 nitrogen and oxygen atoms in total. The number of hydrogen-bond acceptors (Lipinski definition) is 5. The van der Waals surface area contributed by atoms with Gasteiger partial charge in [-0.1, -0.05) is 36.4 Å². The molecule has 1 atom stereocenters. The van der Waals surface area contributed by atoms with Crippen LogP contribution in [0.4, 0.5) is 5.69 Å². The highest BCUT2D eigenvalue weighted by atomic mass is 32.2. The van der Waals surface area contributed by atoms with Gasteiger partial charge in [-0.05, 0) is 73.2 Å². The third-order valence-electron chi connectivity index (χ3n) is 6.51. The number of anilines is 1. The second-order valence-corrected chi connectivity index (χ2v) is 10.5. The van der Waals surface area contributed by atoms with Crippen molar-refractivity contribution in [3.05, 3.63) is 89.5 Å². The fourth-order valence-corrected chi connectivity index (χ4v) is 5.47. The van der Waals surface area contributed by atoms with Gasteiger partial charge in [0.2, 0.25) is 0 Å². The van der Waals surface area contributed by atoms with E-state index in [1.807, 2.05) is 30.3 Å². The van der Waals surface area contributed by atoms with Crippen molar-refractivity contribution in [1.82, 2.24) is 4.90 Å². The SMILES string of the molecule is COc1ccc(NS(=O)(=O)c2ccc(C)c(C(=O)N3CCC([C@@H](O)c4ccccc4)CC3)c2)cc1. The number of carbonyl (C=O) groups is 1. The Hall–Kier alpha value is -3.36. The van der Waals surface area contributed by atoms with Crippen molar-refractivity contribution in [3.63, 3.8) is 0 Å². The first-order chi connectivity index (χ1) is 16.8. The lowest BCUT2D eigenvalue weighted by atomic mass is 9.87. The van der Waals surface area contributed by atoms with Crippen molar-refractivity contribution >= 4 is 21.6 Å². The van der Waals surface area contributed by atoms with E-state index in [4.69, 9.17) is 4.74 Å². The summed E-state index contributed by atoms with van der Waals surface area (Å²) in [6.07, 6.45) is 0.795. The number of sulfonamides is 1. The predicted molar refractivity (Wildman–Crippen MR) is 135 cm³/mol. The number of piperidine rings is 1. The molecule has 8 heteroatoms. The number of likely N-dealkylation sites (tertiary alicyclic amines) is 1. The molecule has 1 aliphatic rings. The second-order valence-electron chi connectivity index (χ2n) is 8.80. The van der Waals surface area contributed by atoms with Gasteiger partial charge in [-0.2, -0.15) is 0 Å². The molecule has 1 fully saturated rings. The van der Waals surface area contributed by atoms with Crippen LogP contribution in [0.3, 0.4) is 0 Å². The molecule has 1 heterocycles. The minimum atomic E-state index is -3.88. The number of nitrogens with one attached hydrogen (secondary N) is 1. The molecular weight excluding hydrogens is 464 g/mol. The molecule has 2 N–H and O–H groups in total. The van der Waals surface area contributed by atoms with Crippen LogP contribution in [0.15, 0.2) is 77.7 Å². The number of amides is 1. The molecule has 0 unspecified atom stereocenters. The van der Waals surface area contributed by atoms with Crippen LogP contribution in [0, 0.1) is 12.8 Å². The fraction of sp³-hybridized carbons (Fsp3) is 0.296. The Kier molecular flexibility index (Phi) is 7.42. The normalized spacial score (nSPS) is 15.5. The Morgan fingerprint density at radius 3 is 2.31 bits per heavy atom. The van der Waals surface area contributed by atoms with E-state index in [9.17, 15) is 18.3 Å². The molecule has 0 aromatic heterocycles. The van der Waals surface area contributed by atoms with Crippen LogP contribution in [-0.4, -0.2) is 44.5 Å². The van der Waals surface area contributed by atoms with Gasteiger partial charge in [0, 0.05) is 24.3 Å². The van der Waals surface area contributed by atoms with E-state index >= 15 is 0 Å². The number of hydrogen-bond donors (Lipinski definition) is 2. The van der Waals surface area contributed by atoms with Gasteiger partial charge in [-0.25, -0.2) is 8.42 Å². The summed E-state index contributed by atoms with van der Waals surface area (Å²) in [6, 6.07) is 20.7. The zero-order chi connectivity index (χ0) is 25.0. The number of aryl methyl sites for hydroxylation is 1. The average Bonchev–Trinajstić information content (AvgIpc) is 2.89. The predicted octanol–water partition coefficient (Wildman–Crippen LogP) is 4.39. The van der Waals surface area contributed by atoms with E-state index in [0.29, 0.717) is 48.5 Å². The van der Waals surface area contributed by atoms with Gasteiger partial charge in [-0.15, -0.1) is 0 Å². The largest absolute Gasteiger partial charge is 0.497 e. The number of aliphatic hydroxyl groups is 1. The van der Waals surface area contributed by atoms with Crippen LogP contribution in [-0.2, 0) is 10.0 Å². The molecule has 0 bridgehead atoms. The maximum absolute atomic E-state index is 13.3. The minimum Gasteiger partial charge on any atom is -0.497 e. The lowest BCUT2D eigenvalue weighted by Crippen LogP contribution is -2.40. The molecule has 1 saturated heterocycles. The number of carbonyl (C=O) groups excluding carboxylic acids is 1. The van der Waals surface area contributed by atoms with Gasteiger partial charge >= 0.3 is 0 Å². The minimum absolute atomic E-state index is 0.0247. The Balaban J connectivity index is 1.46. The van der Waals surface area contributed by atoms with Crippen LogP contribution in [0.5, 0.6) is 5.75 Å². The summed E-state index contributed by atoms with van der Waals surface area (Å²) >= 11 is 0. The van der Waals surface area contributed by atoms with Gasteiger partial charge in [0.1, 0.15) is 5.75 Å². The molecule has 3 aromatic rings. The van der Waals surface area contributed by atoms with E-state index in [2.05, 4.69) is 4.72 Å². The molecule has 4 rings (SSSR count). The van der Waals surface area contributed by atoms with Gasteiger partial charge in [0.25, 0.3) is 15.9 Å². The van der Waals surface area contributed by atoms with E-state index in [-0.39, 0.29) is 16.7 Å². The van der Waals surface area contributed by atoms with Crippen LogP contribution >= 0.6 is 0 Å². The summed E-state index contributed by atoms with van der Waals surface area (Å²) in [5, 5.41) is 10.7. The Morgan fingerprint density at radius 2 is 1.69 bits per heavy atom. The lowest BCUT2D eigenvalue weighted by molar-refractivity contribution is 0.0461. The Bertz CT molecular complexity index is 1270. The molecule has 1 aliphatic heterocycles. The zero-order valence-electron chi connectivity index (χ0n) is 19.8. The molecule has 1 amide bonds. The first-order valence-corrected chi connectivity index (χ1v) is 13.1. The van der Waals surface area contributed by atoms with Gasteiger partial charge < -0.3 is 14.7 Å². The van der Waals surface area contributed by atoms with Gasteiger partial charge in [0.05, 0.1) is 18.1 Å². The maximum Gasteiger partial charge on any atom is 0.261 e. The van der Waals surface area contributed by atoms with Gasteiger partial charge in [-0.3, -0.25) is 9.52 Å². The zero-order valence-corrected chi connectivity index (χ0v) is 20.7. The summed E-state index contributed by atoms with van der Waals surface area (Å²) in [6.45, 7) is 2.81. The molecule has 184 valence electrons. The smallest absolute Gasteiger partial charge is 0.261 e. The van der Waals surface area contributed by atoms with Crippen LogP contribution < -0.4 is 9.46 Å². The Morgan fingerprint density at radius 1 is 1.03 bits per heavy atom. The van der Waals surface area contributed by atoms with Crippen molar-refractivity contribution < 1.29 is 23.1 Å². The number of ether oxygens (including phenoxy) is 1. The molecule has 35 heavy (non-hydrogen) atoms. The summed E-state index contributed by atoms with van der Waals surface area (Å²) in [4.78, 5) is 15.1. The average molecular weight is 495 g/mol. The number of nitrogens with zero attached hydrogens (tertiary/aromatic N) is 1. The van der Waals surface area contributed by atoms with Crippen LogP contribution in [0.2, 0.25) is 0 Å². The number of aliphatic hydroxyl groups excluding tert-OH is 1. The number of rotatable bonds is 7. The van der Waals surface area contributed by atoms with E-state index in [1.165, 1.54) is 19.2 Å². The highest BCUT2D eigenvalue weighted by molar-refractivity contribution is 7.92. The van der Waals surface area contributed by atoms with Crippen molar-refractivity contribution in [1.29, 1.82) is 0 Å². The quantitative estimate of drug-likeness (QED) is 0.508. The standard InChI is InChI=1S/C27H30N2O5S/c1-19-8-13-24(35(32,33)28-22-9-11-23(34-2)12-10-22)18-25(19)27(31)29-16-14-21(15-17-29)26(30)20-6-4-3-5-7-20/h3-13,18,21,26,28,30H,14-17H2,1-2H3/t26-/m0/s1. The third-order valence-corrected chi connectivity index (χ3v) is 7.89. The molecular formula is C27H30N2O5S. The summed E-state index contributed by atoms with van der Waals surface area (Å²) in [7, 11) is -2.34. The molecule has 0 aliphatic carbocycles. The number of methoxy groups -OCH3 is 1. The van der Waals surface area contributed by atoms with Crippen molar-refractivity contribution in [2.75, 3.05) is 24.9 Å². The first kappa shape index (κ1) is 24.8. The highest BCUT2D eigenvalue weighted by Crippen LogP contribution is 2.31. The Labute approximate surface area is 206 Å². The van der Waals surface area contributed by atoms with Crippen LogP contribution in [0.25, 0.3) is 0 Å². The van der Waals surface area contributed by atoms with Crippen LogP contribution in [0.1, 0.15) is 40.4 Å². The topological polar surface area (TPSA) is 95.9 Å². The monoisotopic (exact) mass is 494 g/mol. The lowest BCUT2D eigenvalue weighted by Gasteiger charge is -2.34. The second kappa shape index (κ2) is 10.5. The third kappa shape index (κ3) is 5.66. The van der Waals surface area contributed by atoms with Crippen molar-refractivity contribution in [3.8, 4) is 5.75 Å². The van der Waals surface area contributed by atoms with E-state index < -0.39 is 16.1 Å². The van der Waals surface area contributed by atoms with Crippen molar-refractivity contribution in [2.24, 2.45) is 5.92 Å². The summed E-state index contributed by atoms with van der Waals surface area (Å²) in [5.74, 6) is 0.496. The summed E-state index contributed by atoms with van der Waals surface area (Å²) < 4.78 is 33.6. The molecule has 0 spiro atoms. The molecule has 0 saturated carbocycles. The molecule has 0 radical (unpaired) electrons. The molecule has 3 aromatic carbocycles. The van der Waals surface area contributed by atoms with E-state index in [0.717, 1.165) is 5.56 Å². The summed E-state index contributed by atoms with van der Waals surface area (Å²) in [5.41, 5.74) is 2.36. The van der Waals surface area contributed by atoms with Crippen molar-refractivity contribution in [2.45, 2.75) is 30.8 Å². The maximum atomic E-state index is 13.3. The fourth-order valence-electron chi connectivity index (χ4n) is 4.38. The number of benzene rings is 3. The van der Waals surface area contributed by atoms with Gasteiger partial charge in [0.15, 0.2) is 0 Å². The van der Waals surface area contributed by atoms with E-state index in [1.54, 1.807) is 42.2 Å². The highest BCUT2D eigenvalue weighted by Gasteiger charge is 2.29. The first-order valence-electron chi connectivity index (χ1n) is 11.6.